The third-order valence-electron chi connectivity index (χ3n) is 2.52. The lowest BCUT2D eigenvalue weighted by atomic mass is 10.2. The molecule has 0 saturated heterocycles. The summed E-state index contributed by atoms with van der Waals surface area (Å²) in [6.07, 6.45) is -4.10. The Labute approximate surface area is 125 Å². The van der Waals surface area contributed by atoms with Gasteiger partial charge in [-0.2, -0.15) is 13.2 Å². The monoisotopic (exact) mass is 334 g/mol. The van der Waals surface area contributed by atoms with Crippen LogP contribution < -0.4 is 5.32 Å². The van der Waals surface area contributed by atoms with Crippen molar-refractivity contribution in [1.82, 2.24) is 9.97 Å². The highest BCUT2D eigenvalue weighted by atomic mass is 35.5. The molecular weight excluding hydrogens is 329 g/mol. The Hall–Kier alpha value is -2.62. The molecule has 1 heterocycles. The molecule has 1 amide bonds. The van der Waals surface area contributed by atoms with Crippen LogP contribution >= 0.6 is 11.6 Å². The van der Waals surface area contributed by atoms with Crippen LogP contribution in [0.5, 0.6) is 0 Å². The predicted molar refractivity (Wildman–Crippen MR) is 69.6 cm³/mol. The van der Waals surface area contributed by atoms with Crippen LogP contribution in [0, 0.1) is 10.1 Å². The molecular formula is C11H6ClF3N4O3. The number of aromatic nitrogens is 2. The molecule has 7 nitrogen and oxygen atoms in total. The predicted octanol–water partition coefficient (Wildman–Crippen LogP) is 3.24. The van der Waals surface area contributed by atoms with Gasteiger partial charge in [-0.1, -0.05) is 11.6 Å². The van der Waals surface area contributed by atoms with Gasteiger partial charge in [-0.05, 0) is 6.07 Å². The Kier molecular flexibility index (Phi) is 4.04. The maximum absolute atomic E-state index is 12.4. The van der Waals surface area contributed by atoms with Gasteiger partial charge in [-0.25, -0.2) is 4.98 Å². The van der Waals surface area contributed by atoms with Gasteiger partial charge in [-0.3, -0.25) is 20.2 Å². The molecule has 0 unspecified atom stereocenters. The van der Waals surface area contributed by atoms with Crippen LogP contribution in [0.25, 0.3) is 0 Å². The number of nitrogens with one attached hydrogen (secondary N) is 2. The SMILES string of the molecule is O=C(Nc1ncc(C(F)(F)F)[nH]1)c1ccc([N+](=O)[O-])cc1Cl. The third-order valence-corrected chi connectivity index (χ3v) is 2.83. The lowest BCUT2D eigenvalue weighted by Gasteiger charge is -2.05. The van der Waals surface area contributed by atoms with Crippen molar-refractivity contribution in [2.45, 2.75) is 6.18 Å². The van der Waals surface area contributed by atoms with Gasteiger partial charge in [0.1, 0.15) is 5.69 Å². The lowest BCUT2D eigenvalue weighted by Crippen LogP contribution is -2.14. The average molecular weight is 335 g/mol. The summed E-state index contributed by atoms with van der Waals surface area (Å²) in [6.45, 7) is 0. The minimum atomic E-state index is -4.62. The molecule has 116 valence electrons. The minimum absolute atomic E-state index is 0.141. The van der Waals surface area contributed by atoms with Gasteiger partial charge in [0, 0.05) is 12.1 Å². The van der Waals surface area contributed by atoms with Gasteiger partial charge in [0.25, 0.3) is 11.6 Å². The van der Waals surface area contributed by atoms with Gasteiger partial charge in [-0.15, -0.1) is 0 Å². The number of halogens is 4. The maximum Gasteiger partial charge on any atom is 0.432 e. The van der Waals surface area contributed by atoms with Crippen LogP contribution in [0.1, 0.15) is 16.1 Å². The number of benzene rings is 1. The molecule has 1 aromatic heterocycles. The zero-order valence-electron chi connectivity index (χ0n) is 10.4. The van der Waals surface area contributed by atoms with Gasteiger partial charge in [0.05, 0.1) is 21.7 Å². The number of aromatic amines is 1. The highest BCUT2D eigenvalue weighted by molar-refractivity contribution is 6.34. The fourth-order valence-electron chi connectivity index (χ4n) is 1.51. The highest BCUT2D eigenvalue weighted by Gasteiger charge is 2.33. The number of nitrogens with zero attached hydrogens (tertiary/aromatic N) is 2. The molecule has 0 aliphatic carbocycles. The minimum Gasteiger partial charge on any atom is -0.320 e. The molecule has 0 aliphatic rings. The number of amides is 1. The number of H-pyrrole nitrogens is 1. The first-order chi connectivity index (χ1) is 10.2. The molecule has 0 atom stereocenters. The summed E-state index contributed by atoms with van der Waals surface area (Å²) < 4.78 is 37.1. The summed E-state index contributed by atoms with van der Waals surface area (Å²) in [6, 6.07) is 3.09. The topological polar surface area (TPSA) is 101 Å². The number of rotatable bonds is 3. The van der Waals surface area contributed by atoms with Crippen LogP contribution in [-0.4, -0.2) is 20.8 Å². The first-order valence-corrected chi connectivity index (χ1v) is 5.94. The summed E-state index contributed by atoms with van der Waals surface area (Å²) >= 11 is 5.74. The second kappa shape index (κ2) is 5.64. The quantitative estimate of drug-likeness (QED) is 0.664. The van der Waals surface area contributed by atoms with E-state index in [2.05, 4.69) is 10.3 Å². The number of carbonyl (C=O) groups is 1. The second-order valence-corrected chi connectivity index (χ2v) is 4.43. The number of imidazole rings is 1. The zero-order chi connectivity index (χ0) is 16.5. The highest BCUT2D eigenvalue weighted by Crippen LogP contribution is 2.28. The normalized spacial score (nSPS) is 11.3. The number of hydrogen-bond donors (Lipinski definition) is 2. The van der Waals surface area contributed by atoms with Crippen LogP contribution in [0.4, 0.5) is 24.8 Å². The zero-order valence-corrected chi connectivity index (χ0v) is 11.2. The van der Waals surface area contributed by atoms with E-state index in [1.54, 1.807) is 0 Å². The van der Waals surface area contributed by atoms with E-state index in [4.69, 9.17) is 11.6 Å². The van der Waals surface area contributed by atoms with Crippen molar-refractivity contribution in [2.75, 3.05) is 5.32 Å². The fraction of sp³-hybridized carbons (Fsp3) is 0.0909. The fourth-order valence-corrected chi connectivity index (χ4v) is 1.77. The van der Waals surface area contributed by atoms with Gasteiger partial charge < -0.3 is 4.98 Å². The molecule has 22 heavy (non-hydrogen) atoms. The Morgan fingerprint density at radius 3 is 2.59 bits per heavy atom. The van der Waals surface area contributed by atoms with Crippen molar-refractivity contribution in [3.8, 4) is 0 Å². The number of non-ortho nitro benzene ring substituents is 1. The van der Waals surface area contributed by atoms with E-state index in [9.17, 15) is 28.1 Å². The molecule has 1 aromatic carbocycles. The molecule has 0 radical (unpaired) electrons. The Morgan fingerprint density at radius 1 is 1.41 bits per heavy atom. The van der Waals surface area contributed by atoms with Crippen molar-refractivity contribution in [2.24, 2.45) is 0 Å². The Morgan fingerprint density at radius 2 is 2.09 bits per heavy atom. The van der Waals surface area contributed by atoms with Gasteiger partial charge in [0.2, 0.25) is 5.95 Å². The summed E-state index contributed by atoms with van der Waals surface area (Å²) in [4.78, 5) is 27.0. The van der Waals surface area contributed by atoms with Crippen LogP contribution in [0.15, 0.2) is 24.4 Å². The Balaban J connectivity index is 2.19. The van der Waals surface area contributed by atoms with Crippen LogP contribution in [0.3, 0.4) is 0 Å². The Bertz CT molecular complexity index is 744. The molecule has 0 spiro atoms. The van der Waals surface area contributed by atoms with Crippen molar-refractivity contribution >= 4 is 29.1 Å². The smallest absolute Gasteiger partial charge is 0.320 e. The van der Waals surface area contributed by atoms with Crippen molar-refractivity contribution < 1.29 is 22.9 Å². The summed E-state index contributed by atoms with van der Waals surface area (Å²) in [5.74, 6) is -1.28. The number of anilines is 1. The molecule has 2 rings (SSSR count). The summed E-state index contributed by atoms with van der Waals surface area (Å²) in [5.41, 5.74) is -1.59. The third kappa shape index (κ3) is 3.34. The van der Waals surface area contributed by atoms with Gasteiger partial charge in [0.15, 0.2) is 0 Å². The first-order valence-electron chi connectivity index (χ1n) is 5.56. The largest absolute Gasteiger partial charge is 0.432 e. The van der Waals surface area contributed by atoms with E-state index in [1.807, 2.05) is 4.98 Å². The molecule has 11 heteroatoms. The molecule has 2 aromatic rings. The maximum atomic E-state index is 12.4. The van der Waals surface area contributed by atoms with Gasteiger partial charge >= 0.3 is 6.18 Å². The van der Waals surface area contributed by atoms with Crippen LogP contribution in [-0.2, 0) is 6.18 Å². The number of hydrogen-bond acceptors (Lipinski definition) is 4. The van der Waals surface area contributed by atoms with E-state index in [-0.39, 0.29) is 16.3 Å². The standard InChI is InChI=1S/C11H6ClF3N4O3/c12-7-3-5(19(21)22)1-2-6(7)9(20)18-10-16-4-8(17-10)11(13,14)15/h1-4H,(H2,16,17,18,20). The first kappa shape index (κ1) is 15.8. The second-order valence-electron chi connectivity index (χ2n) is 4.02. The van der Waals surface area contributed by atoms with Crippen molar-refractivity contribution in [3.05, 3.63) is 50.8 Å². The van der Waals surface area contributed by atoms with Crippen molar-refractivity contribution in [1.29, 1.82) is 0 Å². The van der Waals surface area contributed by atoms with E-state index < -0.39 is 28.6 Å². The van der Waals surface area contributed by atoms with E-state index in [0.717, 1.165) is 18.2 Å². The average Bonchev–Trinajstić information content (AvgIpc) is 2.86. The number of carbonyl (C=O) groups excluding carboxylic acids is 1. The van der Waals surface area contributed by atoms with E-state index >= 15 is 0 Å². The molecule has 2 N–H and O–H groups in total. The van der Waals surface area contributed by atoms with Crippen molar-refractivity contribution in [3.63, 3.8) is 0 Å². The van der Waals surface area contributed by atoms with E-state index in [1.165, 1.54) is 0 Å². The number of alkyl halides is 3. The molecule has 0 saturated carbocycles. The number of nitro groups is 1. The lowest BCUT2D eigenvalue weighted by molar-refractivity contribution is -0.384. The molecule has 0 fully saturated rings. The summed E-state index contributed by atoms with van der Waals surface area (Å²) in [5, 5.41) is 12.4. The van der Waals surface area contributed by atoms with E-state index in [0.29, 0.717) is 6.20 Å². The van der Waals surface area contributed by atoms with Crippen LogP contribution in [0.2, 0.25) is 5.02 Å². The number of nitro benzene ring substituents is 1. The molecule has 0 aliphatic heterocycles. The summed E-state index contributed by atoms with van der Waals surface area (Å²) in [7, 11) is 0. The molecule has 0 bridgehead atoms.